The number of benzene rings is 9. The van der Waals surface area contributed by atoms with Crippen molar-refractivity contribution in [3.8, 4) is 96.3 Å². The van der Waals surface area contributed by atoms with E-state index in [9.17, 15) is 0 Å². The average molecular weight is 898 g/mol. The fourth-order valence-corrected chi connectivity index (χ4v) is 10.2. The standard InChI is InChI=1S/C63H43N7/c1-63(2)52-30-15-12-27-47(52)48-35-33-46(39-53(48)63)61-66-59(44-26-18-25-43(37-44)40-19-6-3-7-20-40)65-60(67-61)45-34-36-56(70-54-31-16-13-28-49(54)50-29-14-17-32-55(50)70)51(38-45)62-68-57(41-21-8-4-9-22-41)64-58(69-62)42-23-10-5-11-24-42/h3-39H,1-2H3. The zero-order chi connectivity index (χ0) is 46.8. The van der Waals surface area contributed by atoms with Crippen LogP contribution in [0, 0.1) is 0 Å². The summed E-state index contributed by atoms with van der Waals surface area (Å²) >= 11 is 0. The molecule has 0 saturated carbocycles. The normalized spacial score (nSPS) is 12.5. The molecule has 7 nitrogen and oxygen atoms in total. The largest absolute Gasteiger partial charge is 0.309 e. The summed E-state index contributed by atoms with van der Waals surface area (Å²) < 4.78 is 2.32. The molecule has 0 amide bonds. The highest BCUT2D eigenvalue weighted by Gasteiger charge is 2.35. The summed E-state index contributed by atoms with van der Waals surface area (Å²) in [5.41, 5.74) is 15.3. The first-order valence-corrected chi connectivity index (χ1v) is 23.6. The lowest BCUT2D eigenvalue weighted by atomic mass is 9.82. The first-order valence-electron chi connectivity index (χ1n) is 23.6. The molecule has 3 aromatic heterocycles. The Morgan fingerprint density at radius 3 is 1.33 bits per heavy atom. The van der Waals surface area contributed by atoms with E-state index in [1.807, 2.05) is 66.7 Å². The van der Waals surface area contributed by atoms with Crippen molar-refractivity contribution in [2.45, 2.75) is 19.3 Å². The maximum absolute atomic E-state index is 5.38. The van der Waals surface area contributed by atoms with Crippen LogP contribution < -0.4 is 0 Å². The Balaban J connectivity index is 1.06. The molecule has 7 heteroatoms. The molecule has 0 fully saturated rings. The van der Waals surface area contributed by atoms with Crippen LogP contribution in [-0.4, -0.2) is 34.5 Å². The Kier molecular flexibility index (Phi) is 9.69. The Morgan fingerprint density at radius 1 is 0.286 bits per heavy atom. The van der Waals surface area contributed by atoms with Gasteiger partial charge < -0.3 is 4.57 Å². The van der Waals surface area contributed by atoms with Gasteiger partial charge in [0.1, 0.15) is 0 Å². The number of aromatic nitrogens is 7. The molecule has 9 aromatic carbocycles. The second-order valence-electron chi connectivity index (χ2n) is 18.3. The summed E-state index contributed by atoms with van der Waals surface area (Å²) in [5.74, 6) is 3.37. The monoisotopic (exact) mass is 897 g/mol. The van der Waals surface area contributed by atoms with Crippen LogP contribution in [0.3, 0.4) is 0 Å². The maximum atomic E-state index is 5.38. The molecule has 70 heavy (non-hydrogen) atoms. The van der Waals surface area contributed by atoms with E-state index in [0.29, 0.717) is 34.9 Å². The Labute approximate surface area is 405 Å². The van der Waals surface area contributed by atoms with Crippen LogP contribution in [-0.2, 0) is 5.41 Å². The van der Waals surface area contributed by atoms with Crippen molar-refractivity contribution in [1.82, 2.24) is 34.5 Å². The third kappa shape index (κ3) is 6.98. The molecule has 0 N–H and O–H groups in total. The average Bonchev–Trinajstić information content (AvgIpc) is 3.89. The summed E-state index contributed by atoms with van der Waals surface area (Å²) in [5, 5.41) is 2.31. The van der Waals surface area contributed by atoms with Gasteiger partial charge >= 0.3 is 0 Å². The lowest BCUT2D eigenvalue weighted by Gasteiger charge is -2.21. The molecule has 0 spiro atoms. The van der Waals surface area contributed by atoms with Crippen LogP contribution in [0.4, 0.5) is 0 Å². The van der Waals surface area contributed by atoms with E-state index in [4.69, 9.17) is 29.9 Å². The second kappa shape index (κ2) is 16.5. The number of fused-ring (bicyclic) bond motifs is 6. The van der Waals surface area contributed by atoms with Crippen LogP contribution in [0.1, 0.15) is 25.0 Å². The molecule has 0 unspecified atom stereocenters. The van der Waals surface area contributed by atoms with Crippen molar-refractivity contribution in [2.75, 3.05) is 0 Å². The van der Waals surface area contributed by atoms with E-state index >= 15 is 0 Å². The van der Waals surface area contributed by atoms with Crippen LogP contribution >= 0.6 is 0 Å². The van der Waals surface area contributed by atoms with Gasteiger partial charge in [-0.1, -0.05) is 196 Å². The maximum Gasteiger partial charge on any atom is 0.166 e. The van der Waals surface area contributed by atoms with Crippen molar-refractivity contribution >= 4 is 21.8 Å². The molecular formula is C63H43N7. The zero-order valence-corrected chi connectivity index (χ0v) is 38.5. The molecule has 0 aliphatic heterocycles. The van der Waals surface area contributed by atoms with E-state index in [1.54, 1.807) is 0 Å². The smallest absolute Gasteiger partial charge is 0.166 e. The van der Waals surface area contributed by atoms with Crippen molar-refractivity contribution in [3.63, 3.8) is 0 Å². The number of hydrogen-bond donors (Lipinski definition) is 0. The van der Waals surface area contributed by atoms with Crippen molar-refractivity contribution in [1.29, 1.82) is 0 Å². The molecule has 13 rings (SSSR count). The number of rotatable bonds is 8. The zero-order valence-electron chi connectivity index (χ0n) is 38.5. The number of para-hydroxylation sites is 2. The lowest BCUT2D eigenvalue weighted by Crippen LogP contribution is -2.15. The van der Waals surface area contributed by atoms with Crippen LogP contribution in [0.15, 0.2) is 224 Å². The molecule has 3 heterocycles. The van der Waals surface area contributed by atoms with E-state index in [-0.39, 0.29) is 5.41 Å². The van der Waals surface area contributed by atoms with E-state index in [0.717, 1.165) is 72.0 Å². The summed E-state index contributed by atoms with van der Waals surface area (Å²) in [7, 11) is 0. The first kappa shape index (κ1) is 41.0. The molecule has 0 saturated heterocycles. The van der Waals surface area contributed by atoms with Crippen LogP contribution in [0.25, 0.3) is 118 Å². The molecule has 0 atom stereocenters. The van der Waals surface area contributed by atoms with Crippen molar-refractivity contribution < 1.29 is 0 Å². The van der Waals surface area contributed by atoms with Crippen LogP contribution in [0.5, 0.6) is 0 Å². The first-order chi connectivity index (χ1) is 34.4. The van der Waals surface area contributed by atoms with Crippen molar-refractivity contribution in [2.24, 2.45) is 0 Å². The van der Waals surface area contributed by atoms with Gasteiger partial charge in [-0.15, -0.1) is 0 Å². The predicted octanol–water partition coefficient (Wildman–Crippen LogP) is 15.1. The molecule has 12 aromatic rings. The minimum absolute atomic E-state index is 0.204. The van der Waals surface area contributed by atoms with Gasteiger partial charge in [0.2, 0.25) is 0 Å². The molecular weight excluding hydrogens is 855 g/mol. The van der Waals surface area contributed by atoms with Gasteiger partial charge in [0, 0.05) is 49.6 Å². The van der Waals surface area contributed by atoms with Gasteiger partial charge in [-0.25, -0.2) is 29.9 Å². The number of hydrogen-bond acceptors (Lipinski definition) is 6. The number of nitrogens with zero attached hydrogens (tertiary/aromatic N) is 7. The lowest BCUT2D eigenvalue weighted by molar-refractivity contribution is 0.660. The topological polar surface area (TPSA) is 82.3 Å². The quantitative estimate of drug-likeness (QED) is 0.151. The molecule has 0 bridgehead atoms. The highest BCUT2D eigenvalue weighted by atomic mass is 15.1. The van der Waals surface area contributed by atoms with E-state index in [1.165, 1.54) is 22.3 Å². The van der Waals surface area contributed by atoms with E-state index < -0.39 is 0 Å². The van der Waals surface area contributed by atoms with Crippen molar-refractivity contribution in [3.05, 3.63) is 236 Å². The highest BCUT2D eigenvalue weighted by molar-refractivity contribution is 6.09. The Bertz CT molecular complexity index is 3860. The third-order valence-electron chi connectivity index (χ3n) is 13.7. The second-order valence-corrected chi connectivity index (χ2v) is 18.3. The summed E-state index contributed by atoms with van der Waals surface area (Å²) in [6, 6.07) is 78.0. The van der Waals surface area contributed by atoms with Gasteiger partial charge in [-0.3, -0.25) is 0 Å². The molecule has 1 aliphatic carbocycles. The SMILES string of the molecule is CC1(C)c2ccccc2-c2ccc(-c3nc(-c4cccc(-c5ccccc5)c4)nc(-c4ccc(-n5c6ccccc6c6ccccc65)c(-c5nc(-c6ccccc6)nc(-c6ccccc6)n5)c4)n3)cc21. The molecule has 330 valence electrons. The van der Waals surface area contributed by atoms with Crippen LogP contribution in [0.2, 0.25) is 0 Å². The predicted molar refractivity (Wildman–Crippen MR) is 283 cm³/mol. The molecule has 1 aliphatic rings. The van der Waals surface area contributed by atoms with Gasteiger partial charge in [0.15, 0.2) is 34.9 Å². The third-order valence-corrected chi connectivity index (χ3v) is 13.7. The molecule has 0 radical (unpaired) electrons. The summed E-state index contributed by atoms with van der Waals surface area (Å²) in [4.78, 5) is 31.7. The highest BCUT2D eigenvalue weighted by Crippen LogP contribution is 2.49. The summed E-state index contributed by atoms with van der Waals surface area (Å²) in [6.45, 7) is 4.60. The van der Waals surface area contributed by atoms with Gasteiger partial charge in [0.05, 0.1) is 16.7 Å². The van der Waals surface area contributed by atoms with E-state index in [2.05, 4.69) is 176 Å². The van der Waals surface area contributed by atoms with Gasteiger partial charge in [-0.05, 0) is 75.8 Å². The fourth-order valence-electron chi connectivity index (χ4n) is 10.2. The fraction of sp³-hybridized carbons (Fsp3) is 0.0476. The van der Waals surface area contributed by atoms with Gasteiger partial charge in [-0.2, -0.15) is 0 Å². The minimum atomic E-state index is -0.204. The minimum Gasteiger partial charge on any atom is -0.309 e. The summed E-state index contributed by atoms with van der Waals surface area (Å²) in [6.07, 6.45) is 0. The van der Waals surface area contributed by atoms with Gasteiger partial charge in [0.25, 0.3) is 0 Å². The Morgan fingerprint density at radius 2 is 0.714 bits per heavy atom. The Hall–Kier alpha value is -9.20.